The highest BCUT2D eigenvalue weighted by atomic mass is 28.3. The van der Waals surface area contributed by atoms with Crippen LogP contribution in [-0.4, -0.2) is 8.07 Å². The van der Waals surface area contributed by atoms with E-state index < -0.39 is 8.07 Å². The minimum Gasteiger partial charge on any atom is -0.457 e. The highest BCUT2D eigenvalue weighted by Gasteiger charge is 2.48. The molecule has 0 unspecified atom stereocenters. The Kier molecular flexibility index (Phi) is 4.09. The first-order valence-corrected chi connectivity index (χ1v) is 14.0. The fraction of sp³-hybridized carbons (Fsp3) is 0.143. The SMILES string of the molecule is C[Si](C)(C1c2ccccc2Oc2ccccc21)C1c2ccccc2Oc2ccccc21. The predicted octanol–water partition coefficient (Wildman–Crippen LogP) is 7.65. The number of ether oxygens (including phenoxy) is 2. The Balaban J connectivity index is 1.61. The lowest BCUT2D eigenvalue weighted by atomic mass is 9.98. The van der Waals surface area contributed by atoms with Gasteiger partial charge in [-0.2, -0.15) is 0 Å². The Hall–Kier alpha value is -3.30. The van der Waals surface area contributed by atoms with Crippen LogP contribution in [0.4, 0.5) is 0 Å². The van der Waals surface area contributed by atoms with Crippen LogP contribution < -0.4 is 9.47 Å². The first-order valence-electron chi connectivity index (χ1n) is 10.9. The van der Waals surface area contributed by atoms with E-state index >= 15 is 0 Å². The third-order valence-corrected chi connectivity index (χ3v) is 11.1. The number of hydrogen-bond donors (Lipinski definition) is 0. The third-order valence-electron chi connectivity index (χ3n) is 6.85. The Labute approximate surface area is 184 Å². The largest absolute Gasteiger partial charge is 0.457 e. The van der Waals surface area contributed by atoms with Gasteiger partial charge in [0.05, 0.1) is 8.07 Å². The van der Waals surface area contributed by atoms with Gasteiger partial charge in [-0.25, -0.2) is 0 Å². The van der Waals surface area contributed by atoms with Crippen molar-refractivity contribution in [3.8, 4) is 23.0 Å². The molecule has 2 heterocycles. The van der Waals surface area contributed by atoms with Crippen LogP contribution in [0.2, 0.25) is 13.1 Å². The van der Waals surface area contributed by atoms with Crippen LogP contribution in [0.25, 0.3) is 0 Å². The highest BCUT2D eigenvalue weighted by Crippen LogP contribution is 2.56. The Morgan fingerprint density at radius 1 is 0.452 bits per heavy atom. The van der Waals surface area contributed by atoms with E-state index in [1.165, 1.54) is 22.3 Å². The van der Waals surface area contributed by atoms with Gasteiger partial charge in [0.2, 0.25) is 0 Å². The van der Waals surface area contributed by atoms with Crippen molar-refractivity contribution in [2.75, 3.05) is 0 Å². The average molecular weight is 421 g/mol. The van der Waals surface area contributed by atoms with Gasteiger partial charge in [-0.05, 0) is 46.5 Å². The molecule has 2 aliphatic rings. The van der Waals surface area contributed by atoms with E-state index in [1.807, 2.05) is 0 Å². The smallest absolute Gasteiger partial charge is 0.130 e. The zero-order valence-electron chi connectivity index (χ0n) is 17.7. The number of benzene rings is 4. The summed E-state index contributed by atoms with van der Waals surface area (Å²) in [6, 6.07) is 34.3. The molecule has 0 N–H and O–H groups in total. The molecule has 0 saturated carbocycles. The van der Waals surface area contributed by atoms with Crippen LogP contribution in [0.3, 0.4) is 0 Å². The second-order valence-electron chi connectivity index (χ2n) is 9.04. The molecule has 0 aliphatic carbocycles. The standard InChI is InChI=1S/C28H24O2Si/c1-31(2,27-19-11-3-7-15-23(19)29-24-16-8-4-12-20(24)27)28-21-13-5-9-17-25(21)30-26-18-10-6-14-22(26)28/h3-18,27-28H,1-2H3. The summed E-state index contributed by atoms with van der Waals surface area (Å²) in [5.41, 5.74) is 5.85. The van der Waals surface area contributed by atoms with Crippen molar-refractivity contribution in [1.29, 1.82) is 0 Å². The lowest BCUT2D eigenvalue weighted by molar-refractivity contribution is 0.451. The van der Waals surface area contributed by atoms with Crippen molar-refractivity contribution in [1.82, 2.24) is 0 Å². The molecule has 0 saturated heterocycles. The van der Waals surface area contributed by atoms with E-state index in [2.05, 4.69) is 110 Å². The van der Waals surface area contributed by atoms with Gasteiger partial charge < -0.3 is 9.47 Å². The molecule has 3 heteroatoms. The highest BCUT2D eigenvalue weighted by molar-refractivity contribution is 6.81. The maximum Gasteiger partial charge on any atom is 0.130 e. The molecule has 0 bridgehead atoms. The lowest BCUT2D eigenvalue weighted by Gasteiger charge is -2.45. The molecule has 0 fully saturated rings. The molecule has 0 amide bonds. The molecule has 31 heavy (non-hydrogen) atoms. The topological polar surface area (TPSA) is 18.5 Å². The summed E-state index contributed by atoms with van der Waals surface area (Å²) in [4.78, 5) is 0. The second-order valence-corrected chi connectivity index (χ2v) is 13.8. The second kappa shape index (κ2) is 6.86. The van der Waals surface area contributed by atoms with Gasteiger partial charge in [-0.1, -0.05) is 85.9 Å². The molecule has 0 spiro atoms. The zero-order valence-corrected chi connectivity index (χ0v) is 18.7. The molecule has 6 rings (SSSR count). The van der Waals surface area contributed by atoms with Gasteiger partial charge in [0.1, 0.15) is 23.0 Å². The van der Waals surface area contributed by atoms with Gasteiger partial charge in [0.15, 0.2) is 0 Å². The van der Waals surface area contributed by atoms with Crippen molar-refractivity contribution in [2.45, 2.75) is 24.2 Å². The van der Waals surface area contributed by atoms with Gasteiger partial charge in [0.25, 0.3) is 0 Å². The Morgan fingerprint density at radius 2 is 0.710 bits per heavy atom. The maximum absolute atomic E-state index is 6.33. The minimum absolute atomic E-state index is 0.317. The van der Waals surface area contributed by atoms with E-state index in [1.54, 1.807) is 0 Å². The zero-order chi connectivity index (χ0) is 21.0. The summed E-state index contributed by atoms with van der Waals surface area (Å²) >= 11 is 0. The van der Waals surface area contributed by atoms with E-state index in [4.69, 9.17) is 9.47 Å². The van der Waals surface area contributed by atoms with E-state index in [9.17, 15) is 0 Å². The van der Waals surface area contributed by atoms with Gasteiger partial charge in [0, 0.05) is 11.1 Å². The van der Waals surface area contributed by atoms with Crippen LogP contribution >= 0.6 is 0 Å². The van der Waals surface area contributed by atoms with Crippen LogP contribution in [0.5, 0.6) is 23.0 Å². The van der Waals surface area contributed by atoms with E-state index in [0.717, 1.165) is 23.0 Å². The first-order chi connectivity index (χ1) is 15.1. The third kappa shape index (κ3) is 2.77. The van der Waals surface area contributed by atoms with Crippen molar-refractivity contribution in [2.24, 2.45) is 0 Å². The van der Waals surface area contributed by atoms with Crippen molar-refractivity contribution >= 4 is 8.07 Å². The molecule has 152 valence electrons. The normalized spacial score (nSPS) is 15.0. The number of rotatable bonds is 2. The summed E-state index contributed by atoms with van der Waals surface area (Å²) in [6.07, 6.45) is 0. The lowest BCUT2D eigenvalue weighted by Crippen LogP contribution is -2.45. The molecule has 0 aromatic heterocycles. The summed E-state index contributed by atoms with van der Waals surface area (Å²) < 4.78 is 12.7. The van der Waals surface area contributed by atoms with E-state index in [-0.39, 0.29) is 0 Å². The molecule has 4 aromatic rings. The summed E-state index contributed by atoms with van der Waals surface area (Å²) in [7, 11) is -2.07. The van der Waals surface area contributed by atoms with Gasteiger partial charge in [-0.15, -0.1) is 0 Å². The first kappa shape index (κ1) is 18.5. The van der Waals surface area contributed by atoms with Gasteiger partial charge >= 0.3 is 0 Å². The summed E-state index contributed by atoms with van der Waals surface area (Å²) in [5.74, 6) is 3.95. The average Bonchev–Trinajstić information content (AvgIpc) is 2.80. The monoisotopic (exact) mass is 420 g/mol. The molecule has 2 aliphatic heterocycles. The van der Waals surface area contributed by atoms with Crippen molar-refractivity contribution < 1.29 is 9.47 Å². The Morgan fingerprint density at radius 3 is 1.00 bits per heavy atom. The number of fused-ring (bicyclic) bond motifs is 4. The van der Waals surface area contributed by atoms with Crippen LogP contribution in [0, 0.1) is 0 Å². The van der Waals surface area contributed by atoms with Crippen LogP contribution in [0.1, 0.15) is 33.3 Å². The molecule has 4 aromatic carbocycles. The van der Waals surface area contributed by atoms with Crippen molar-refractivity contribution in [3.05, 3.63) is 119 Å². The fourth-order valence-electron chi connectivity index (χ4n) is 5.59. The van der Waals surface area contributed by atoms with Gasteiger partial charge in [-0.3, -0.25) is 0 Å². The number of para-hydroxylation sites is 4. The molecule has 0 radical (unpaired) electrons. The summed E-state index contributed by atoms with van der Waals surface area (Å²) in [6.45, 7) is 5.06. The quantitative estimate of drug-likeness (QED) is 0.310. The number of hydrogen-bond acceptors (Lipinski definition) is 2. The molecule has 2 nitrogen and oxygen atoms in total. The minimum atomic E-state index is -2.07. The van der Waals surface area contributed by atoms with Crippen LogP contribution in [-0.2, 0) is 0 Å². The molecular weight excluding hydrogens is 396 g/mol. The summed E-state index contributed by atoms with van der Waals surface area (Å²) in [5, 5.41) is 0. The fourth-order valence-corrected chi connectivity index (χ4v) is 10.1. The Bertz CT molecular complexity index is 1100. The maximum atomic E-state index is 6.33. The van der Waals surface area contributed by atoms with E-state index in [0.29, 0.717) is 11.1 Å². The molecule has 0 atom stereocenters. The van der Waals surface area contributed by atoms with Crippen molar-refractivity contribution in [3.63, 3.8) is 0 Å². The molecular formula is C28H24O2Si. The predicted molar refractivity (Wildman–Crippen MR) is 127 cm³/mol. The van der Waals surface area contributed by atoms with Crippen LogP contribution in [0.15, 0.2) is 97.1 Å².